The minimum atomic E-state index is -4.97. The van der Waals surface area contributed by atoms with E-state index in [9.17, 15) is 22.8 Å². The summed E-state index contributed by atoms with van der Waals surface area (Å²) in [5, 5.41) is 24.0. The largest absolute Gasteiger partial charge is 0.573 e. The minimum Gasteiger partial charge on any atom is -0.405 e. The molecule has 0 saturated carbocycles. The third kappa shape index (κ3) is 5.00. The standard InChI is InChI=1S/C19H13F3N6O3/c20-19(21,22)31-15-8-12(9-24)2-3-13(15)10-25-17(29)14-4-5-16-26-28(7-1-6-23)18(30)27(16)11-14/h2-5,8,11H,1,7,10H2,(H,25,29). The van der Waals surface area contributed by atoms with Crippen LogP contribution >= 0.6 is 0 Å². The summed E-state index contributed by atoms with van der Waals surface area (Å²) in [7, 11) is 0. The predicted molar refractivity (Wildman–Crippen MR) is 98.7 cm³/mol. The molecule has 158 valence electrons. The second-order valence-corrected chi connectivity index (χ2v) is 6.22. The molecule has 0 atom stereocenters. The number of nitriles is 2. The molecule has 0 unspecified atom stereocenters. The number of carbonyl (C=O) groups is 1. The van der Waals surface area contributed by atoms with Gasteiger partial charge in [-0.15, -0.1) is 18.3 Å². The second kappa shape index (κ2) is 8.59. The molecule has 31 heavy (non-hydrogen) atoms. The van der Waals surface area contributed by atoms with E-state index in [0.29, 0.717) is 0 Å². The van der Waals surface area contributed by atoms with Crippen molar-refractivity contribution in [3.8, 4) is 17.9 Å². The zero-order valence-electron chi connectivity index (χ0n) is 15.7. The first-order valence-electron chi connectivity index (χ1n) is 8.75. The van der Waals surface area contributed by atoms with Crippen LogP contribution in [0, 0.1) is 22.7 Å². The van der Waals surface area contributed by atoms with E-state index in [1.807, 2.05) is 6.07 Å². The van der Waals surface area contributed by atoms with Gasteiger partial charge in [0.15, 0.2) is 5.65 Å². The van der Waals surface area contributed by atoms with Gasteiger partial charge < -0.3 is 10.1 Å². The minimum absolute atomic E-state index is 0.00671. The zero-order chi connectivity index (χ0) is 22.6. The van der Waals surface area contributed by atoms with Gasteiger partial charge in [0.25, 0.3) is 5.91 Å². The summed E-state index contributed by atoms with van der Waals surface area (Å²) in [6.45, 7) is -0.219. The summed E-state index contributed by atoms with van der Waals surface area (Å²) in [5.41, 5.74) is -0.221. The van der Waals surface area contributed by atoms with E-state index in [0.717, 1.165) is 15.1 Å². The van der Waals surface area contributed by atoms with Crippen molar-refractivity contribution in [2.24, 2.45) is 0 Å². The molecule has 0 aliphatic rings. The van der Waals surface area contributed by atoms with Gasteiger partial charge in [-0.05, 0) is 24.3 Å². The Morgan fingerprint density at radius 3 is 2.68 bits per heavy atom. The van der Waals surface area contributed by atoms with E-state index < -0.39 is 23.7 Å². The van der Waals surface area contributed by atoms with E-state index in [1.165, 1.54) is 30.5 Å². The van der Waals surface area contributed by atoms with Crippen LogP contribution in [0.5, 0.6) is 5.75 Å². The van der Waals surface area contributed by atoms with Crippen molar-refractivity contribution < 1.29 is 22.7 Å². The van der Waals surface area contributed by atoms with Crippen LogP contribution in [0.3, 0.4) is 0 Å². The van der Waals surface area contributed by atoms with Crippen LogP contribution in [-0.2, 0) is 13.1 Å². The van der Waals surface area contributed by atoms with Crippen molar-refractivity contribution in [3.05, 3.63) is 63.7 Å². The highest BCUT2D eigenvalue weighted by atomic mass is 19.4. The number of fused-ring (bicyclic) bond motifs is 1. The smallest absolute Gasteiger partial charge is 0.405 e. The monoisotopic (exact) mass is 430 g/mol. The molecule has 1 aromatic carbocycles. The van der Waals surface area contributed by atoms with Crippen molar-refractivity contribution in [2.45, 2.75) is 25.9 Å². The molecule has 3 aromatic rings. The highest BCUT2D eigenvalue weighted by molar-refractivity contribution is 5.94. The normalized spacial score (nSPS) is 11.0. The fraction of sp³-hybridized carbons (Fsp3) is 0.211. The van der Waals surface area contributed by atoms with Crippen LogP contribution in [0.25, 0.3) is 5.65 Å². The zero-order valence-corrected chi connectivity index (χ0v) is 15.7. The van der Waals surface area contributed by atoms with Gasteiger partial charge in [0.05, 0.1) is 36.2 Å². The summed E-state index contributed by atoms with van der Waals surface area (Å²) in [6.07, 6.45) is -3.64. The van der Waals surface area contributed by atoms with Gasteiger partial charge in [0, 0.05) is 18.3 Å². The highest BCUT2D eigenvalue weighted by Gasteiger charge is 2.32. The topological polar surface area (TPSA) is 125 Å². The number of ether oxygens (including phenoxy) is 1. The van der Waals surface area contributed by atoms with Crippen LogP contribution in [0.4, 0.5) is 13.2 Å². The first-order chi connectivity index (χ1) is 14.7. The van der Waals surface area contributed by atoms with Crippen LogP contribution in [-0.4, -0.2) is 26.5 Å². The average molecular weight is 430 g/mol. The quantitative estimate of drug-likeness (QED) is 0.639. The summed E-state index contributed by atoms with van der Waals surface area (Å²) in [4.78, 5) is 24.8. The molecule has 0 fully saturated rings. The Hall–Kier alpha value is -4.32. The van der Waals surface area contributed by atoms with Crippen molar-refractivity contribution in [1.29, 1.82) is 10.5 Å². The number of benzene rings is 1. The Labute approximate surface area is 172 Å². The number of rotatable bonds is 6. The van der Waals surface area contributed by atoms with Gasteiger partial charge in [-0.1, -0.05) is 6.07 Å². The Balaban J connectivity index is 1.80. The molecule has 9 nitrogen and oxygen atoms in total. The summed E-state index contributed by atoms with van der Waals surface area (Å²) in [6, 6.07) is 9.92. The number of amides is 1. The Kier molecular flexibility index (Phi) is 5.93. The number of hydrogen-bond acceptors (Lipinski definition) is 6. The first kappa shape index (κ1) is 21.4. The van der Waals surface area contributed by atoms with Gasteiger partial charge in [-0.3, -0.25) is 4.79 Å². The van der Waals surface area contributed by atoms with E-state index in [-0.39, 0.29) is 41.8 Å². The molecule has 0 saturated heterocycles. The molecule has 0 aliphatic heterocycles. The number of aromatic nitrogens is 3. The van der Waals surface area contributed by atoms with Gasteiger partial charge in [-0.25, -0.2) is 13.9 Å². The maximum atomic E-state index is 12.6. The summed E-state index contributed by atoms with van der Waals surface area (Å²) >= 11 is 0. The van der Waals surface area contributed by atoms with Gasteiger partial charge >= 0.3 is 12.1 Å². The number of aryl methyl sites for hydroxylation is 1. The number of pyridine rings is 1. The first-order valence-corrected chi connectivity index (χ1v) is 8.75. The molecule has 0 spiro atoms. The third-order valence-corrected chi connectivity index (χ3v) is 4.14. The molecule has 2 aromatic heterocycles. The number of alkyl halides is 3. The second-order valence-electron chi connectivity index (χ2n) is 6.22. The number of nitrogens with zero attached hydrogens (tertiary/aromatic N) is 5. The molecule has 2 heterocycles. The maximum absolute atomic E-state index is 12.6. The predicted octanol–water partition coefficient (Wildman–Crippen LogP) is 2.11. The van der Waals surface area contributed by atoms with Crippen LogP contribution < -0.4 is 15.7 Å². The van der Waals surface area contributed by atoms with Crippen molar-refractivity contribution in [2.75, 3.05) is 0 Å². The number of hydrogen-bond donors (Lipinski definition) is 1. The lowest BCUT2D eigenvalue weighted by Crippen LogP contribution is -2.26. The lowest BCUT2D eigenvalue weighted by molar-refractivity contribution is -0.274. The van der Waals surface area contributed by atoms with Gasteiger partial charge in [0.1, 0.15) is 5.75 Å². The van der Waals surface area contributed by atoms with Crippen LogP contribution in [0.1, 0.15) is 27.9 Å². The van der Waals surface area contributed by atoms with Crippen molar-refractivity contribution >= 4 is 11.6 Å². The number of carbonyl (C=O) groups excluding carboxylic acids is 1. The van der Waals surface area contributed by atoms with Crippen LogP contribution in [0.15, 0.2) is 41.3 Å². The fourth-order valence-electron chi connectivity index (χ4n) is 2.72. The Morgan fingerprint density at radius 2 is 2.00 bits per heavy atom. The van der Waals surface area contributed by atoms with E-state index in [1.54, 1.807) is 6.07 Å². The van der Waals surface area contributed by atoms with Gasteiger partial charge in [-0.2, -0.15) is 10.5 Å². The summed E-state index contributed by atoms with van der Waals surface area (Å²) in [5.74, 6) is -1.25. The fourth-order valence-corrected chi connectivity index (χ4v) is 2.72. The van der Waals surface area contributed by atoms with Crippen molar-refractivity contribution in [3.63, 3.8) is 0 Å². The van der Waals surface area contributed by atoms with Crippen molar-refractivity contribution in [1.82, 2.24) is 19.5 Å². The average Bonchev–Trinajstić information content (AvgIpc) is 3.04. The lowest BCUT2D eigenvalue weighted by atomic mass is 10.1. The molecule has 0 radical (unpaired) electrons. The highest BCUT2D eigenvalue weighted by Crippen LogP contribution is 2.27. The molecular weight excluding hydrogens is 417 g/mol. The van der Waals surface area contributed by atoms with E-state index in [2.05, 4.69) is 15.2 Å². The molecule has 3 rings (SSSR count). The maximum Gasteiger partial charge on any atom is 0.573 e. The summed E-state index contributed by atoms with van der Waals surface area (Å²) < 4.78 is 44.1. The van der Waals surface area contributed by atoms with Crippen LogP contribution in [0.2, 0.25) is 0 Å². The molecule has 1 amide bonds. The molecular formula is C19H13F3N6O3. The lowest BCUT2D eigenvalue weighted by Gasteiger charge is -2.14. The third-order valence-electron chi connectivity index (χ3n) is 4.14. The molecule has 1 N–H and O–H groups in total. The molecule has 0 aliphatic carbocycles. The molecule has 0 bridgehead atoms. The Bertz CT molecular complexity index is 1280. The SMILES string of the molecule is N#CCCn1nc2ccc(C(=O)NCc3ccc(C#N)cc3OC(F)(F)F)cn2c1=O. The Morgan fingerprint density at radius 1 is 1.23 bits per heavy atom. The van der Waals surface area contributed by atoms with E-state index in [4.69, 9.17) is 10.5 Å². The van der Waals surface area contributed by atoms with Gasteiger partial charge in [0.2, 0.25) is 0 Å². The number of halogens is 3. The molecule has 12 heteroatoms. The van der Waals surface area contributed by atoms with E-state index >= 15 is 0 Å². The number of nitrogens with one attached hydrogen (secondary N) is 1.